The zero-order valence-corrected chi connectivity index (χ0v) is 28.3. The number of nitrogens with one attached hydrogen (secondary N) is 1. The second kappa shape index (κ2) is 17.4. The summed E-state index contributed by atoms with van der Waals surface area (Å²) >= 11 is 28.7. The number of H-pyrrole nitrogens is 1. The second-order valence-corrected chi connectivity index (χ2v) is 11.2. The van der Waals surface area contributed by atoms with Gasteiger partial charge in [-0.25, -0.2) is 9.59 Å². The normalized spacial score (nSPS) is 31.6. The molecule has 0 spiro atoms. The smallest absolute Gasteiger partial charge is 0.351 e. The average Bonchev–Trinajstić information content (AvgIpc) is 3.40. The van der Waals surface area contributed by atoms with E-state index in [0.717, 1.165) is 6.42 Å². The Labute approximate surface area is 275 Å². The van der Waals surface area contributed by atoms with E-state index in [0.29, 0.717) is 18.2 Å². The Morgan fingerprint density at radius 1 is 0.976 bits per heavy atom. The van der Waals surface area contributed by atoms with Crippen molar-refractivity contribution >= 4 is 72.0 Å². The monoisotopic (exact) mass is 709 g/mol. The first kappa shape index (κ1) is 39.0. The van der Waals surface area contributed by atoms with Crippen molar-refractivity contribution in [3.05, 3.63) is 55.8 Å². The molecule has 2 aromatic heterocycles. The number of alkyl halides is 4. The molecule has 0 aromatic carbocycles. The van der Waals surface area contributed by atoms with Gasteiger partial charge in [-0.3, -0.25) is 18.9 Å². The molecule has 16 heteroatoms. The lowest BCUT2D eigenvalue weighted by atomic mass is 9.88. The molecular weight excluding hydrogens is 667 g/mol. The van der Waals surface area contributed by atoms with E-state index < -0.39 is 40.6 Å². The number of hydrogen-bond donors (Lipinski definition) is 2. The molecule has 0 aliphatic carbocycles. The maximum absolute atomic E-state index is 11.9. The standard InChI is InChI=1S/C12H17Cl2N3O2.C12H16Cl2N2O3.2CH4.HPS/c1-3-12(6-13)7(2)9(14)10(19-12)17-5-4-8(15)16-11(17)18;1-3-12(6-13)7(2)9(14)10(19-12)16-5-4-8(17)15-11(16)18;;;1-2/h4-5,7,9-10H,3,6H2,1-2H3,(H2,15,16,18);4-5,7,9-10H,3,6H2,1-2H3,(H,15,17,18);2*1H4;1H/t2*7-,9+,10+,12-;;;/m00.../s1/i;;1T;;. The Hall–Kier alpha value is -1.04. The van der Waals surface area contributed by atoms with Gasteiger partial charge in [-0.2, -0.15) is 4.98 Å². The van der Waals surface area contributed by atoms with Crippen molar-refractivity contribution in [1.29, 1.82) is 0 Å². The highest BCUT2D eigenvalue weighted by Gasteiger charge is 2.52. The minimum atomic E-state index is -0.625. The number of aromatic nitrogens is 4. The summed E-state index contributed by atoms with van der Waals surface area (Å²) < 4.78 is 20.4. The molecule has 0 bridgehead atoms. The number of aromatic amines is 1. The van der Waals surface area contributed by atoms with E-state index in [1.807, 2.05) is 27.7 Å². The molecule has 2 aliphatic rings. The van der Waals surface area contributed by atoms with Crippen molar-refractivity contribution in [2.75, 3.05) is 17.5 Å². The number of anilines is 1. The summed E-state index contributed by atoms with van der Waals surface area (Å²) in [5.41, 5.74) is 2.97. The van der Waals surface area contributed by atoms with Crippen LogP contribution in [0.3, 0.4) is 0 Å². The average molecular weight is 712 g/mol. The van der Waals surface area contributed by atoms with Crippen molar-refractivity contribution in [2.45, 2.75) is 89.8 Å². The number of nitrogens with two attached hydrogens (primary N) is 1. The van der Waals surface area contributed by atoms with Gasteiger partial charge in [0.2, 0.25) is 0 Å². The lowest BCUT2D eigenvalue weighted by Gasteiger charge is -2.29. The Morgan fingerprint density at radius 2 is 1.40 bits per heavy atom. The summed E-state index contributed by atoms with van der Waals surface area (Å²) in [6.45, 7) is 7.91. The number of nitrogen functional groups attached to an aromatic ring is 1. The van der Waals surface area contributed by atoms with Crippen LogP contribution in [0.1, 0.15) is 69.2 Å². The van der Waals surface area contributed by atoms with Gasteiger partial charge in [0.05, 0.1) is 33.7 Å². The Morgan fingerprint density at radius 3 is 1.76 bits per heavy atom. The topological polar surface area (TPSA) is 134 Å². The van der Waals surface area contributed by atoms with E-state index in [1.54, 1.807) is 12.3 Å². The fourth-order valence-corrected chi connectivity index (χ4v) is 6.67. The molecule has 2 aromatic rings. The molecule has 2 fully saturated rings. The van der Waals surface area contributed by atoms with Gasteiger partial charge < -0.3 is 15.2 Å². The van der Waals surface area contributed by atoms with Gasteiger partial charge in [-0.05, 0) is 26.9 Å². The summed E-state index contributed by atoms with van der Waals surface area (Å²) in [4.78, 5) is 40.6. The number of nitrogens with zero attached hydrogens (tertiary/aromatic N) is 3. The third kappa shape index (κ3) is 8.16. The van der Waals surface area contributed by atoms with Crippen LogP contribution in [0.4, 0.5) is 5.82 Å². The van der Waals surface area contributed by atoms with Gasteiger partial charge in [-0.1, -0.05) is 54.3 Å². The molecule has 3 N–H and O–H groups in total. The van der Waals surface area contributed by atoms with Gasteiger partial charge in [0.15, 0.2) is 12.5 Å². The van der Waals surface area contributed by atoms with Gasteiger partial charge in [0.25, 0.3) is 5.56 Å². The van der Waals surface area contributed by atoms with E-state index in [-0.39, 0.29) is 35.8 Å². The van der Waals surface area contributed by atoms with Crippen LogP contribution >= 0.6 is 54.4 Å². The van der Waals surface area contributed by atoms with Crippen molar-refractivity contribution in [2.24, 2.45) is 11.8 Å². The van der Waals surface area contributed by atoms with Crippen molar-refractivity contribution < 1.29 is 10.8 Å². The maximum atomic E-state index is 11.9. The van der Waals surface area contributed by atoms with Crippen LogP contribution in [0.5, 0.6) is 0 Å². The molecule has 8 atom stereocenters. The predicted octanol–water partition coefficient (Wildman–Crippen LogP) is 5.55. The molecule has 4 heterocycles. The van der Waals surface area contributed by atoms with Crippen LogP contribution in [0, 0.1) is 11.8 Å². The van der Waals surface area contributed by atoms with E-state index in [4.69, 9.17) is 63.0 Å². The molecule has 2 aliphatic heterocycles. The summed E-state index contributed by atoms with van der Waals surface area (Å²) in [5.74, 6) is 0.855. The largest absolute Gasteiger partial charge is 0.383 e. The van der Waals surface area contributed by atoms with Crippen LogP contribution in [-0.4, -0.2) is 52.8 Å². The summed E-state index contributed by atoms with van der Waals surface area (Å²) in [7, 11) is 3.81. The Kier molecular flexibility index (Phi) is 16.2. The predicted molar refractivity (Wildman–Crippen MR) is 179 cm³/mol. The first-order valence-corrected chi connectivity index (χ1v) is 16.1. The number of halogens is 4. The van der Waals surface area contributed by atoms with E-state index in [9.17, 15) is 14.4 Å². The van der Waals surface area contributed by atoms with E-state index in [2.05, 4.69) is 29.8 Å². The number of ether oxygens (including phenoxy) is 2. The van der Waals surface area contributed by atoms with Gasteiger partial charge in [-0.15, -0.1) is 46.4 Å². The van der Waals surface area contributed by atoms with Crippen LogP contribution in [-0.2, 0) is 21.3 Å². The first-order chi connectivity index (χ1) is 19.9. The fraction of sp³-hybridized carbons (Fsp3) is 0.692. The summed E-state index contributed by atoms with van der Waals surface area (Å²) in [6.07, 6.45) is 3.19. The summed E-state index contributed by atoms with van der Waals surface area (Å²) in [6, 6.07) is 2.82. The molecule has 0 unspecified atom stereocenters. The van der Waals surface area contributed by atoms with Crippen molar-refractivity contribution in [1.82, 2.24) is 19.1 Å². The highest BCUT2D eigenvalue weighted by molar-refractivity contribution is 7.88. The lowest BCUT2D eigenvalue weighted by molar-refractivity contribution is -0.0725. The molecule has 42 heavy (non-hydrogen) atoms. The maximum Gasteiger partial charge on any atom is 0.351 e. The van der Waals surface area contributed by atoms with E-state index >= 15 is 0 Å². The Bertz CT molecular complexity index is 1310. The van der Waals surface area contributed by atoms with E-state index in [1.165, 1.54) is 28.8 Å². The van der Waals surface area contributed by atoms with Crippen LogP contribution < -0.4 is 22.7 Å². The zero-order chi connectivity index (χ0) is 32.4. The fourth-order valence-electron chi connectivity index (χ4n) is 4.87. The highest BCUT2D eigenvalue weighted by Crippen LogP contribution is 2.47. The highest BCUT2D eigenvalue weighted by atomic mass is 35.5. The van der Waals surface area contributed by atoms with Gasteiger partial charge in [0, 0.05) is 31.7 Å². The molecule has 0 radical (unpaired) electrons. The quantitative estimate of drug-likeness (QED) is 0.295. The molecule has 10 nitrogen and oxygen atoms in total. The van der Waals surface area contributed by atoms with Crippen LogP contribution in [0.2, 0.25) is 0 Å². The minimum Gasteiger partial charge on any atom is -0.383 e. The lowest BCUT2D eigenvalue weighted by Crippen LogP contribution is -2.37. The molecule has 0 saturated carbocycles. The Balaban J connectivity index is 0.000000720. The number of rotatable bonds is 6. The molecular formula is C26H42Cl4N5O5PS. The van der Waals surface area contributed by atoms with Crippen molar-refractivity contribution in [3.63, 3.8) is 0 Å². The van der Waals surface area contributed by atoms with Gasteiger partial charge >= 0.3 is 11.4 Å². The minimum absolute atomic E-state index is 0. The second-order valence-electron chi connectivity index (χ2n) is 9.65. The third-order valence-electron chi connectivity index (χ3n) is 7.77. The van der Waals surface area contributed by atoms with Crippen LogP contribution in [0.25, 0.3) is 0 Å². The van der Waals surface area contributed by atoms with Gasteiger partial charge in [0.1, 0.15) is 5.82 Å². The SMILES string of the molecule is C.CC[C@@]1(CCl)O[C@@H](n2ccc(=O)[nH]c2=O)[C@H](Cl)[C@@H]1C.CC[C@@]1(CCl)O[C@@H](n2ccc(N)nc2=O)[C@H](Cl)[C@@H]1C.P=S.[3H]C. The first-order valence-electron chi connectivity index (χ1n) is 13.5. The number of hydrogen-bond acceptors (Lipinski definition) is 8. The van der Waals surface area contributed by atoms with Crippen molar-refractivity contribution in [3.8, 4) is 0 Å². The molecule has 4 rings (SSSR count). The molecule has 0 amide bonds. The third-order valence-corrected chi connectivity index (χ3v) is 9.86. The van der Waals surface area contributed by atoms with Crippen LogP contribution in [0.15, 0.2) is 38.9 Å². The zero-order valence-electron chi connectivity index (χ0n) is 24.5. The molecule has 2 saturated heterocycles. The molecule has 240 valence electrons. The summed E-state index contributed by atoms with van der Waals surface area (Å²) in [5, 5.41) is -0.732.